The van der Waals surface area contributed by atoms with Gasteiger partial charge in [0.05, 0.1) is 21.3 Å². The molecule has 0 spiro atoms. The van der Waals surface area contributed by atoms with Crippen molar-refractivity contribution < 1.29 is 14.2 Å². The Bertz CT molecular complexity index is 432. The summed E-state index contributed by atoms with van der Waals surface area (Å²) in [6, 6.07) is 4.07. The molecule has 1 aromatic carbocycles. The second-order valence-electron chi connectivity index (χ2n) is 5.24. The molecule has 0 bridgehead atoms. The Kier molecular flexibility index (Phi) is 5.70. The molecule has 5 heteroatoms. The largest absolute Gasteiger partial charge is 0.493 e. The molecule has 0 aromatic heterocycles. The molecule has 0 unspecified atom stereocenters. The monoisotopic (exact) mass is 294 g/mol. The van der Waals surface area contributed by atoms with E-state index in [1.54, 1.807) is 21.3 Å². The van der Waals surface area contributed by atoms with E-state index in [4.69, 9.17) is 14.2 Å². The van der Waals surface area contributed by atoms with Gasteiger partial charge < -0.3 is 19.1 Å². The molecular formula is C16H26N2O3. The summed E-state index contributed by atoms with van der Waals surface area (Å²) in [5.41, 5.74) is 1.19. The summed E-state index contributed by atoms with van der Waals surface area (Å²) in [5, 5.41) is 0. The Morgan fingerprint density at radius 1 is 0.857 bits per heavy atom. The van der Waals surface area contributed by atoms with Crippen LogP contribution in [-0.2, 0) is 6.54 Å². The van der Waals surface area contributed by atoms with Crippen LogP contribution in [0.15, 0.2) is 12.1 Å². The highest BCUT2D eigenvalue weighted by Gasteiger charge is 2.18. The smallest absolute Gasteiger partial charge is 0.203 e. The molecule has 0 atom stereocenters. The predicted molar refractivity (Wildman–Crippen MR) is 83.5 cm³/mol. The SMILES string of the molecule is CCN1CCN(Cc2cc(OC)c(OC)c(OC)c2)CC1. The highest BCUT2D eigenvalue weighted by Crippen LogP contribution is 2.38. The first kappa shape index (κ1) is 15.9. The average Bonchev–Trinajstić information content (AvgIpc) is 2.54. The zero-order chi connectivity index (χ0) is 15.2. The molecule has 1 aromatic rings. The Labute approximate surface area is 127 Å². The number of piperazine rings is 1. The second-order valence-corrected chi connectivity index (χ2v) is 5.24. The molecule has 1 aliphatic heterocycles. The first-order valence-corrected chi connectivity index (χ1v) is 7.45. The van der Waals surface area contributed by atoms with Gasteiger partial charge in [-0.3, -0.25) is 4.90 Å². The van der Waals surface area contributed by atoms with Gasteiger partial charge in [-0.05, 0) is 24.2 Å². The molecule has 0 aliphatic carbocycles. The number of benzene rings is 1. The van der Waals surface area contributed by atoms with Gasteiger partial charge in [-0.25, -0.2) is 0 Å². The fourth-order valence-electron chi connectivity index (χ4n) is 2.75. The van der Waals surface area contributed by atoms with Gasteiger partial charge >= 0.3 is 0 Å². The van der Waals surface area contributed by atoms with Crippen molar-refractivity contribution in [2.45, 2.75) is 13.5 Å². The minimum Gasteiger partial charge on any atom is -0.493 e. The summed E-state index contributed by atoms with van der Waals surface area (Å²) < 4.78 is 16.2. The van der Waals surface area contributed by atoms with E-state index in [-0.39, 0.29) is 0 Å². The second kappa shape index (κ2) is 7.52. The van der Waals surface area contributed by atoms with Gasteiger partial charge in [0, 0.05) is 32.7 Å². The zero-order valence-corrected chi connectivity index (χ0v) is 13.5. The minimum absolute atomic E-state index is 0.652. The van der Waals surface area contributed by atoms with Crippen LogP contribution in [0.25, 0.3) is 0 Å². The summed E-state index contributed by atoms with van der Waals surface area (Å²) in [4.78, 5) is 4.94. The summed E-state index contributed by atoms with van der Waals surface area (Å²) in [7, 11) is 4.94. The van der Waals surface area contributed by atoms with E-state index < -0.39 is 0 Å². The molecule has 0 saturated carbocycles. The quantitative estimate of drug-likeness (QED) is 0.800. The van der Waals surface area contributed by atoms with Gasteiger partial charge in [0.1, 0.15) is 0 Å². The van der Waals surface area contributed by atoms with Gasteiger partial charge in [0.25, 0.3) is 0 Å². The maximum atomic E-state index is 5.41. The lowest BCUT2D eigenvalue weighted by Crippen LogP contribution is -2.45. The van der Waals surface area contributed by atoms with Crippen LogP contribution >= 0.6 is 0 Å². The van der Waals surface area contributed by atoms with E-state index in [2.05, 4.69) is 16.7 Å². The lowest BCUT2D eigenvalue weighted by molar-refractivity contribution is 0.131. The van der Waals surface area contributed by atoms with Crippen molar-refractivity contribution >= 4 is 0 Å². The third kappa shape index (κ3) is 3.80. The van der Waals surface area contributed by atoms with Gasteiger partial charge in [0.15, 0.2) is 11.5 Å². The maximum Gasteiger partial charge on any atom is 0.203 e. The Morgan fingerprint density at radius 3 is 1.81 bits per heavy atom. The van der Waals surface area contributed by atoms with Gasteiger partial charge in [-0.15, -0.1) is 0 Å². The fourth-order valence-corrected chi connectivity index (χ4v) is 2.75. The Morgan fingerprint density at radius 2 is 1.38 bits per heavy atom. The molecule has 1 saturated heterocycles. The van der Waals surface area contributed by atoms with Crippen LogP contribution in [-0.4, -0.2) is 63.9 Å². The molecular weight excluding hydrogens is 268 g/mol. The highest BCUT2D eigenvalue weighted by atomic mass is 16.5. The highest BCUT2D eigenvalue weighted by molar-refractivity contribution is 5.53. The number of nitrogens with zero attached hydrogens (tertiary/aromatic N) is 2. The van der Waals surface area contributed by atoms with Gasteiger partial charge in [-0.2, -0.15) is 0 Å². The number of hydrogen-bond acceptors (Lipinski definition) is 5. The number of hydrogen-bond donors (Lipinski definition) is 0. The van der Waals surface area contributed by atoms with E-state index in [1.165, 1.54) is 5.56 Å². The third-order valence-electron chi connectivity index (χ3n) is 4.04. The molecule has 0 amide bonds. The normalized spacial score (nSPS) is 16.8. The first-order valence-electron chi connectivity index (χ1n) is 7.45. The van der Waals surface area contributed by atoms with Crippen molar-refractivity contribution in [2.75, 3.05) is 54.1 Å². The van der Waals surface area contributed by atoms with E-state index in [1.807, 2.05) is 12.1 Å². The summed E-state index contributed by atoms with van der Waals surface area (Å²) in [6.45, 7) is 8.75. The number of ether oxygens (including phenoxy) is 3. The zero-order valence-electron chi connectivity index (χ0n) is 13.5. The van der Waals surface area contributed by atoms with Crippen molar-refractivity contribution in [3.8, 4) is 17.2 Å². The molecule has 0 N–H and O–H groups in total. The topological polar surface area (TPSA) is 34.2 Å². The number of rotatable bonds is 6. The van der Waals surface area contributed by atoms with Gasteiger partial charge in [-0.1, -0.05) is 6.92 Å². The molecule has 5 nitrogen and oxygen atoms in total. The lowest BCUT2D eigenvalue weighted by atomic mass is 10.1. The Hall–Kier alpha value is -1.46. The predicted octanol–water partition coefficient (Wildman–Crippen LogP) is 1.85. The van der Waals surface area contributed by atoms with Crippen LogP contribution in [0.5, 0.6) is 17.2 Å². The van der Waals surface area contributed by atoms with E-state index in [0.717, 1.165) is 50.8 Å². The Balaban J connectivity index is 2.10. The summed E-state index contributed by atoms with van der Waals surface area (Å²) >= 11 is 0. The van der Waals surface area contributed by atoms with Crippen LogP contribution in [0, 0.1) is 0 Å². The van der Waals surface area contributed by atoms with Crippen LogP contribution in [0.3, 0.4) is 0 Å². The molecule has 1 aliphatic rings. The van der Waals surface area contributed by atoms with E-state index in [0.29, 0.717) is 5.75 Å². The summed E-state index contributed by atoms with van der Waals surface area (Å²) in [5.74, 6) is 2.10. The minimum atomic E-state index is 0.652. The van der Waals surface area contributed by atoms with Gasteiger partial charge in [0.2, 0.25) is 5.75 Å². The maximum absolute atomic E-state index is 5.41. The van der Waals surface area contributed by atoms with Crippen LogP contribution in [0.2, 0.25) is 0 Å². The van der Waals surface area contributed by atoms with Crippen molar-refractivity contribution in [1.82, 2.24) is 9.80 Å². The standard InChI is InChI=1S/C16H26N2O3/c1-5-17-6-8-18(9-7-17)12-13-10-14(19-2)16(21-4)15(11-13)20-3/h10-11H,5-9,12H2,1-4H3. The van der Waals surface area contributed by atoms with E-state index >= 15 is 0 Å². The van der Waals surface area contributed by atoms with Crippen LogP contribution < -0.4 is 14.2 Å². The van der Waals surface area contributed by atoms with Crippen molar-refractivity contribution in [3.63, 3.8) is 0 Å². The average molecular weight is 294 g/mol. The fraction of sp³-hybridized carbons (Fsp3) is 0.625. The third-order valence-corrected chi connectivity index (χ3v) is 4.04. The molecule has 2 rings (SSSR count). The lowest BCUT2D eigenvalue weighted by Gasteiger charge is -2.34. The van der Waals surface area contributed by atoms with Crippen LogP contribution in [0.1, 0.15) is 12.5 Å². The van der Waals surface area contributed by atoms with Crippen molar-refractivity contribution in [1.29, 1.82) is 0 Å². The number of likely N-dealkylation sites (N-methyl/N-ethyl adjacent to an activating group) is 1. The summed E-state index contributed by atoms with van der Waals surface area (Å²) in [6.07, 6.45) is 0. The first-order chi connectivity index (χ1) is 10.2. The van der Waals surface area contributed by atoms with E-state index in [9.17, 15) is 0 Å². The van der Waals surface area contributed by atoms with Crippen molar-refractivity contribution in [2.24, 2.45) is 0 Å². The molecule has 1 heterocycles. The molecule has 118 valence electrons. The molecule has 21 heavy (non-hydrogen) atoms. The van der Waals surface area contributed by atoms with Crippen LogP contribution in [0.4, 0.5) is 0 Å². The molecule has 1 fully saturated rings. The van der Waals surface area contributed by atoms with Crippen molar-refractivity contribution in [3.05, 3.63) is 17.7 Å². The number of methoxy groups -OCH3 is 3. The molecule has 0 radical (unpaired) electrons.